The van der Waals surface area contributed by atoms with Crippen molar-refractivity contribution in [3.05, 3.63) is 0 Å². The highest BCUT2D eigenvalue weighted by molar-refractivity contribution is 5.73. The molecule has 1 spiro atoms. The number of rotatable bonds is 1. The van der Waals surface area contributed by atoms with Crippen LogP contribution in [0.5, 0.6) is 0 Å². The van der Waals surface area contributed by atoms with Crippen LogP contribution in [-0.4, -0.2) is 24.3 Å². The van der Waals surface area contributed by atoms with Crippen molar-refractivity contribution in [1.29, 1.82) is 0 Å². The molecule has 0 aromatic carbocycles. The van der Waals surface area contributed by atoms with Gasteiger partial charge in [0.25, 0.3) is 0 Å². The molecule has 0 bridgehead atoms. The summed E-state index contributed by atoms with van der Waals surface area (Å²) >= 11 is 0. The number of carbonyl (C=O) groups excluding carboxylic acids is 1. The highest BCUT2D eigenvalue weighted by Crippen LogP contribution is 2.51. The van der Waals surface area contributed by atoms with Crippen LogP contribution < -0.4 is 0 Å². The average Bonchev–Trinajstić information content (AvgIpc) is 2.58. The highest BCUT2D eigenvalue weighted by atomic mass is 16.5. The van der Waals surface area contributed by atoms with Crippen LogP contribution in [0.1, 0.15) is 44.9 Å². The van der Waals surface area contributed by atoms with Gasteiger partial charge >= 0.3 is 5.97 Å². The first-order valence-corrected chi connectivity index (χ1v) is 5.95. The fraction of sp³-hybridized carbons (Fsp3) is 0.917. The quantitative estimate of drug-likeness (QED) is 0.675. The summed E-state index contributed by atoms with van der Waals surface area (Å²) in [6, 6.07) is 0. The summed E-state index contributed by atoms with van der Waals surface area (Å²) in [6.07, 6.45) is 7.17. The molecule has 0 amide bonds. The van der Waals surface area contributed by atoms with Gasteiger partial charge in [0, 0.05) is 0 Å². The number of ether oxygens (including phenoxy) is 1. The topological polar surface area (TPSA) is 46.5 Å². The van der Waals surface area contributed by atoms with Gasteiger partial charge in [0.2, 0.25) is 0 Å². The van der Waals surface area contributed by atoms with Gasteiger partial charge in [-0.25, -0.2) is 0 Å². The van der Waals surface area contributed by atoms with E-state index >= 15 is 0 Å². The predicted octanol–water partition coefficient (Wildman–Crippen LogP) is 1.88. The lowest BCUT2D eigenvalue weighted by molar-refractivity contribution is -0.150. The Hall–Kier alpha value is -0.570. The Balaban J connectivity index is 2.08. The number of aliphatic hydroxyl groups excluding tert-OH is 1. The minimum atomic E-state index is -0.467. The van der Waals surface area contributed by atoms with E-state index in [9.17, 15) is 9.90 Å². The first-order chi connectivity index (χ1) is 7.19. The van der Waals surface area contributed by atoms with Crippen molar-refractivity contribution in [1.82, 2.24) is 0 Å². The molecule has 2 rings (SSSR count). The Morgan fingerprint density at radius 1 is 1.27 bits per heavy atom. The molecule has 0 aromatic heterocycles. The molecule has 1 N–H and O–H groups in total. The second-order valence-electron chi connectivity index (χ2n) is 5.04. The number of hydrogen-bond acceptors (Lipinski definition) is 3. The Bertz CT molecular complexity index is 243. The van der Waals surface area contributed by atoms with Crippen LogP contribution >= 0.6 is 0 Å². The number of hydrogen-bond donors (Lipinski definition) is 1. The SMILES string of the molecule is COC(=O)C1CCC2(CCCCC2)C1O. The maximum atomic E-state index is 11.5. The van der Waals surface area contributed by atoms with E-state index in [1.807, 2.05) is 0 Å². The maximum absolute atomic E-state index is 11.5. The van der Waals surface area contributed by atoms with E-state index < -0.39 is 6.10 Å². The second kappa shape index (κ2) is 4.12. The first kappa shape index (κ1) is 10.9. The van der Waals surface area contributed by atoms with Crippen molar-refractivity contribution in [2.24, 2.45) is 11.3 Å². The van der Waals surface area contributed by atoms with Crippen LogP contribution in [0, 0.1) is 11.3 Å². The van der Waals surface area contributed by atoms with Gasteiger partial charge in [0.1, 0.15) is 0 Å². The molecule has 2 aliphatic rings. The van der Waals surface area contributed by atoms with E-state index in [-0.39, 0.29) is 17.3 Å². The lowest BCUT2D eigenvalue weighted by Gasteiger charge is -2.37. The molecule has 0 aromatic rings. The maximum Gasteiger partial charge on any atom is 0.311 e. The Kier molecular flexibility index (Phi) is 3.01. The number of aliphatic hydroxyl groups is 1. The average molecular weight is 212 g/mol. The van der Waals surface area contributed by atoms with Crippen molar-refractivity contribution in [2.75, 3.05) is 7.11 Å². The third-order valence-electron chi connectivity index (χ3n) is 4.32. The van der Waals surface area contributed by atoms with E-state index in [0.29, 0.717) is 0 Å². The van der Waals surface area contributed by atoms with Crippen LogP contribution in [0.4, 0.5) is 0 Å². The number of methoxy groups -OCH3 is 1. The molecule has 0 heterocycles. The fourth-order valence-corrected chi connectivity index (χ4v) is 3.38. The van der Waals surface area contributed by atoms with Crippen molar-refractivity contribution in [2.45, 2.75) is 51.0 Å². The van der Waals surface area contributed by atoms with Crippen molar-refractivity contribution < 1.29 is 14.6 Å². The van der Waals surface area contributed by atoms with Gasteiger partial charge in [-0.2, -0.15) is 0 Å². The fourth-order valence-electron chi connectivity index (χ4n) is 3.38. The summed E-state index contributed by atoms with van der Waals surface area (Å²) in [5.41, 5.74) is 0.0388. The van der Waals surface area contributed by atoms with Gasteiger partial charge in [-0.3, -0.25) is 4.79 Å². The first-order valence-electron chi connectivity index (χ1n) is 5.95. The van der Waals surface area contributed by atoms with Gasteiger partial charge in [0.15, 0.2) is 0 Å². The van der Waals surface area contributed by atoms with Crippen molar-refractivity contribution in [3.8, 4) is 0 Å². The highest BCUT2D eigenvalue weighted by Gasteiger charge is 2.50. The van der Waals surface area contributed by atoms with Crippen molar-refractivity contribution >= 4 is 5.97 Å². The molecule has 0 aliphatic heterocycles. The summed E-state index contributed by atoms with van der Waals surface area (Å²) in [4.78, 5) is 11.5. The van der Waals surface area contributed by atoms with Crippen LogP contribution in [0.25, 0.3) is 0 Å². The lowest BCUT2D eigenvalue weighted by atomic mass is 9.71. The third kappa shape index (κ3) is 1.78. The van der Waals surface area contributed by atoms with Gasteiger partial charge in [0.05, 0.1) is 19.1 Å². The van der Waals surface area contributed by atoms with Crippen LogP contribution in [0.2, 0.25) is 0 Å². The van der Waals surface area contributed by atoms with Crippen LogP contribution in [0.3, 0.4) is 0 Å². The molecule has 86 valence electrons. The third-order valence-corrected chi connectivity index (χ3v) is 4.32. The zero-order valence-corrected chi connectivity index (χ0v) is 9.37. The van der Waals surface area contributed by atoms with Crippen LogP contribution in [-0.2, 0) is 9.53 Å². The molecule has 2 saturated carbocycles. The predicted molar refractivity (Wildman–Crippen MR) is 56.3 cm³/mol. The number of carbonyl (C=O) groups is 1. The van der Waals surface area contributed by atoms with Gasteiger partial charge in [-0.1, -0.05) is 19.3 Å². The van der Waals surface area contributed by atoms with Gasteiger partial charge < -0.3 is 9.84 Å². The Morgan fingerprint density at radius 2 is 1.93 bits per heavy atom. The van der Waals surface area contributed by atoms with E-state index in [1.165, 1.54) is 26.4 Å². The van der Waals surface area contributed by atoms with Crippen LogP contribution in [0.15, 0.2) is 0 Å². The standard InChI is InChI=1S/C12H20O3/c1-15-11(14)9-5-8-12(10(9)13)6-3-2-4-7-12/h9-10,13H,2-8H2,1H3. The summed E-state index contributed by atoms with van der Waals surface area (Å²) in [5.74, 6) is -0.502. The largest absolute Gasteiger partial charge is 0.469 e. The van der Waals surface area contributed by atoms with E-state index in [0.717, 1.165) is 25.7 Å². The van der Waals surface area contributed by atoms with E-state index in [1.54, 1.807) is 0 Å². The minimum absolute atomic E-state index is 0.0388. The summed E-state index contributed by atoms with van der Waals surface area (Å²) in [5, 5.41) is 10.3. The molecule has 2 fully saturated rings. The molecule has 2 atom stereocenters. The molecule has 3 nitrogen and oxygen atoms in total. The molecule has 0 radical (unpaired) electrons. The summed E-state index contributed by atoms with van der Waals surface area (Å²) in [7, 11) is 1.40. The van der Waals surface area contributed by atoms with Gasteiger partial charge in [-0.05, 0) is 31.1 Å². The molecule has 15 heavy (non-hydrogen) atoms. The summed E-state index contributed by atoms with van der Waals surface area (Å²) < 4.78 is 4.74. The molecule has 2 aliphatic carbocycles. The van der Waals surface area contributed by atoms with Gasteiger partial charge in [-0.15, -0.1) is 0 Å². The molecular weight excluding hydrogens is 192 g/mol. The molecule has 0 saturated heterocycles. The molecular formula is C12H20O3. The molecule has 3 heteroatoms. The Morgan fingerprint density at radius 3 is 2.53 bits per heavy atom. The Labute approximate surface area is 90.8 Å². The zero-order valence-electron chi connectivity index (χ0n) is 9.37. The smallest absolute Gasteiger partial charge is 0.311 e. The van der Waals surface area contributed by atoms with E-state index in [2.05, 4.69) is 0 Å². The normalized spacial score (nSPS) is 34.3. The lowest BCUT2D eigenvalue weighted by Crippen LogP contribution is -2.38. The minimum Gasteiger partial charge on any atom is -0.469 e. The monoisotopic (exact) mass is 212 g/mol. The van der Waals surface area contributed by atoms with E-state index in [4.69, 9.17) is 4.74 Å². The number of esters is 1. The van der Waals surface area contributed by atoms with Crippen molar-refractivity contribution in [3.63, 3.8) is 0 Å². The second-order valence-corrected chi connectivity index (χ2v) is 5.04. The summed E-state index contributed by atoms with van der Waals surface area (Å²) in [6.45, 7) is 0. The zero-order chi connectivity index (χ0) is 10.9. The molecule has 2 unspecified atom stereocenters.